The number of ether oxygens (including phenoxy) is 1. The van der Waals surface area contributed by atoms with E-state index >= 15 is 0 Å². The van der Waals surface area contributed by atoms with Gasteiger partial charge in [-0.15, -0.1) is 0 Å². The van der Waals surface area contributed by atoms with Crippen LogP contribution >= 0.6 is 0 Å². The van der Waals surface area contributed by atoms with Crippen molar-refractivity contribution in [2.45, 2.75) is 52.5 Å². The van der Waals surface area contributed by atoms with Crippen LogP contribution in [0.1, 0.15) is 46.5 Å². The van der Waals surface area contributed by atoms with Gasteiger partial charge in [0.1, 0.15) is 0 Å². The first-order valence-electron chi connectivity index (χ1n) is 7.77. The number of carbonyl (C=O) groups is 1. The van der Waals surface area contributed by atoms with Crippen LogP contribution in [-0.4, -0.2) is 49.7 Å². The van der Waals surface area contributed by atoms with Crippen molar-refractivity contribution in [2.24, 2.45) is 5.92 Å². The fourth-order valence-corrected chi connectivity index (χ4v) is 2.76. The van der Waals surface area contributed by atoms with Crippen LogP contribution in [0.3, 0.4) is 0 Å². The molecule has 0 aliphatic carbocycles. The lowest BCUT2D eigenvalue weighted by Crippen LogP contribution is -2.41. The van der Waals surface area contributed by atoms with Crippen molar-refractivity contribution in [3.63, 3.8) is 0 Å². The van der Waals surface area contributed by atoms with Crippen molar-refractivity contribution < 1.29 is 9.53 Å². The number of hydrogen-bond acceptors (Lipinski definition) is 4. The molecule has 1 aliphatic heterocycles. The second kappa shape index (κ2) is 9.32. The summed E-state index contributed by atoms with van der Waals surface area (Å²) in [6.07, 6.45) is 4.16. The molecule has 0 amide bonds. The van der Waals surface area contributed by atoms with E-state index in [-0.39, 0.29) is 12.0 Å². The maximum absolute atomic E-state index is 11.6. The fourth-order valence-electron chi connectivity index (χ4n) is 2.76. The lowest BCUT2D eigenvalue weighted by atomic mass is 9.96. The highest BCUT2D eigenvalue weighted by Crippen LogP contribution is 2.16. The molecule has 4 heteroatoms. The van der Waals surface area contributed by atoms with E-state index in [4.69, 9.17) is 4.74 Å². The SMILES string of the molecule is CCCN(CC1CCNCC1)C(C)CC(=O)OCC. The van der Waals surface area contributed by atoms with Gasteiger partial charge in [-0.1, -0.05) is 6.92 Å². The molecule has 1 unspecified atom stereocenters. The van der Waals surface area contributed by atoms with Crippen molar-refractivity contribution in [3.05, 3.63) is 0 Å². The standard InChI is InChI=1S/C15H30N2O2/c1-4-10-17(12-14-6-8-16-9-7-14)13(3)11-15(18)19-5-2/h13-14,16H,4-12H2,1-3H3. The summed E-state index contributed by atoms with van der Waals surface area (Å²) >= 11 is 0. The molecule has 0 aromatic rings. The monoisotopic (exact) mass is 270 g/mol. The lowest BCUT2D eigenvalue weighted by molar-refractivity contribution is -0.144. The van der Waals surface area contributed by atoms with Crippen LogP contribution in [0.2, 0.25) is 0 Å². The molecular formula is C15H30N2O2. The zero-order valence-electron chi connectivity index (χ0n) is 12.8. The Balaban J connectivity index is 2.42. The largest absolute Gasteiger partial charge is 0.466 e. The van der Waals surface area contributed by atoms with E-state index in [2.05, 4.69) is 24.1 Å². The van der Waals surface area contributed by atoms with Gasteiger partial charge in [0.05, 0.1) is 13.0 Å². The topological polar surface area (TPSA) is 41.6 Å². The van der Waals surface area contributed by atoms with E-state index in [0.29, 0.717) is 13.0 Å². The van der Waals surface area contributed by atoms with E-state index in [1.807, 2.05) is 6.92 Å². The molecule has 19 heavy (non-hydrogen) atoms. The third-order valence-electron chi connectivity index (χ3n) is 3.85. The van der Waals surface area contributed by atoms with Crippen LogP contribution in [0.4, 0.5) is 0 Å². The Kier molecular flexibility index (Phi) is 8.07. The summed E-state index contributed by atoms with van der Waals surface area (Å²) in [6.45, 7) is 11.2. The number of esters is 1. The smallest absolute Gasteiger partial charge is 0.307 e. The summed E-state index contributed by atoms with van der Waals surface area (Å²) in [4.78, 5) is 14.1. The number of rotatable bonds is 8. The molecule has 0 spiro atoms. The zero-order chi connectivity index (χ0) is 14.1. The van der Waals surface area contributed by atoms with Crippen molar-refractivity contribution >= 4 is 5.97 Å². The van der Waals surface area contributed by atoms with Gasteiger partial charge in [-0.2, -0.15) is 0 Å². The Bertz CT molecular complexity index is 253. The first-order valence-corrected chi connectivity index (χ1v) is 7.77. The van der Waals surface area contributed by atoms with Gasteiger partial charge in [0, 0.05) is 12.6 Å². The predicted octanol–water partition coefficient (Wildman–Crippen LogP) is 2.04. The normalized spacial score (nSPS) is 18.5. The average Bonchev–Trinajstić information content (AvgIpc) is 2.39. The van der Waals surface area contributed by atoms with Crippen LogP contribution < -0.4 is 5.32 Å². The Labute approximate surface area is 117 Å². The molecule has 1 N–H and O–H groups in total. The third-order valence-corrected chi connectivity index (χ3v) is 3.85. The van der Waals surface area contributed by atoms with Crippen LogP contribution in [0.25, 0.3) is 0 Å². The van der Waals surface area contributed by atoms with E-state index in [1.54, 1.807) is 0 Å². The Morgan fingerprint density at radius 3 is 2.63 bits per heavy atom. The molecule has 4 nitrogen and oxygen atoms in total. The van der Waals surface area contributed by atoms with Gasteiger partial charge < -0.3 is 10.1 Å². The molecule has 112 valence electrons. The Morgan fingerprint density at radius 1 is 1.37 bits per heavy atom. The maximum atomic E-state index is 11.6. The minimum absolute atomic E-state index is 0.0681. The third kappa shape index (κ3) is 6.39. The number of nitrogens with zero attached hydrogens (tertiary/aromatic N) is 1. The molecule has 0 bridgehead atoms. The van der Waals surface area contributed by atoms with Crippen molar-refractivity contribution in [1.29, 1.82) is 0 Å². The van der Waals surface area contributed by atoms with Crippen LogP contribution in [-0.2, 0) is 9.53 Å². The van der Waals surface area contributed by atoms with Gasteiger partial charge in [0.2, 0.25) is 0 Å². The first kappa shape index (κ1) is 16.4. The van der Waals surface area contributed by atoms with E-state index in [0.717, 1.165) is 38.5 Å². The number of nitrogens with one attached hydrogen (secondary N) is 1. The highest BCUT2D eigenvalue weighted by Gasteiger charge is 2.22. The Hall–Kier alpha value is -0.610. The Morgan fingerprint density at radius 2 is 2.05 bits per heavy atom. The van der Waals surface area contributed by atoms with Gasteiger partial charge in [0.15, 0.2) is 0 Å². The van der Waals surface area contributed by atoms with Crippen molar-refractivity contribution in [2.75, 3.05) is 32.8 Å². The van der Waals surface area contributed by atoms with Crippen LogP contribution in [0.5, 0.6) is 0 Å². The molecule has 1 aliphatic rings. The molecule has 1 rings (SSSR count). The summed E-state index contributed by atoms with van der Waals surface area (Å²) in [7, 11) is 0. The van der Waals surface area contributed by atoms with Gasteiger partial charge in [0.25, 0.3) is 0 Å². The summed E-state index contributed by atoms with van der Waals surface area (Å²) in [5.74, 6) is 0.707. The maximum Gasteiger partial charge on any atom is 0.307 e. The number of carbonyl (C=O) groups excluding carboxylic acids is 1. The molecule has 0 radical (unpaired) electrons. The highest BCUT2D eigenvalue weighted by atomic mass is 16.5. The summed E-state index contributed by atoms with van der Waals surface area (Å²) in [6, 6.07) is 0.286. The minimum Gasteiger partial charge on any atom is -0.466 e. The van der Waals surface area contributed by atoms with E-state index in [1.165, 1.54) is 12.8 Å². The minimum atomic E-state index is -0.0681. The van der Waals surface area contributed by atoms with Crippen molar-refractivity contribution in [3.8, 4) is 0 Å². The molecule has 0 aromatic heterocycles. The quantitative estimate of drug-likeness (QED) is 0.685. The zero-order valence-corrected chi connectivity index (χ0v) is 12.8. The first-order chi connectivity index (χ1) is 9.17. The second-order valence-electron chi connectivity index (χ2n) is 5.55. The number of piperidine rings is 1. The number of hydrogen-bond donors (Lipinski definition) is 1. The van der Waals surface area contributed by atoms with Gasteiger partial charge >= 0.3 is 5.97 Å². The van der Waals surface area contributed by atoms with Gasteiger partial charge in [-0.05, 0) is 58.7 Å². The molecule has 1 fully saturated rings. The average molecular weight is 270 g/mol. The molecular weight excluding hydrogens is 240 g/mol. The van der Waals surface area contributed by atoms with Crippen LogP contribution in [0.15, 0.2) is 0 Å². The van der Waals surface area contributed by atoms with Crippen molar-refractivity contribution in [1.82, 2.24) is 10.2 Å². The lowest BCUT2D eigenvalue weighted by Gasteiger charge is -2.33. The van der Waals surface area contributed by atoms with E-state index < -0.39 is 0 Å². The molecule has 0 aromatic carbocycles. The molecule has 1 saturated heterocycles. The molecule has 0 saturated carbocycles. The molecule has 1 atom stereocenters. The summed E-state index contributed by atoms with van der Waals surface area (Å²) < 4.78 is 5.06. The van der Waals surface area contributed by atoms with Gasteiger partial charge in [-0.3, -0.25) is 9.69 Å². The van der Waals surface area contributed by atoms with Gasteiger partial charge in [-0.25, -0.2) is 0 Å². The van der Waals surface area contributed by atoms with Crippen LogP contribution in [0, 0.1) is 5.92 Å². The molecule has 1 heterocycles. The van der Waals surface area contributed by atoms with E-state index in [9.17, 15) is 4.79 Å². The summed E-state index contributed by atoms with van der Waals surface area (Å²) in [5.41, 5.74) is 0. The fraction of sp³-hybridized carbons (Fsp3) is 0.933. The second-order valence-corrected chi connectivity index (χ2v) is 5.55. The summed E-state index contributed by atoms with van der Waals surface area (Å²) in [5, 5.41) is 3.41. The predicted molar refractivity (Wildman–Crippen MR) is 78.2 cm³/mol. The highest BCUT2D eigenvalue weighted by molar-refractivity contribution is 5.70.